The highest BCUT2D eigenvalue weighted by Crippen LogP contribution is 2.44. The first kappa shape index (κ1) is 20.4. The Hall–Kier alpha value is -2.33. The van der Waals surface area contributed by atoms with Gasteiger partial charge in [-0.15, -0.1) is 0 Å². The molecule has 1 amide bonds. The molecule has 3 rings (SSSR count). The van der Waals surface area contributed by atoms with Crippen molar-refractivity contribution in [1.29, 1.82) is 0 Å². The molecule has 0 aliphatic heterocycles. The van der Waals surface area contributed by atoms with Gasteiger partial charge < -0.3 is 15.2 Å². The SMILES string of the molecule is CC(C)C(CO)C(NC(=O)OCC1c2ccccc2-c2ccccc21)C(C)C. The Morgan fingerprint density at radius 3 is 1.96 bits per heavy atom. The smallest absolute Gasteiger partial charge is 0.407 e. The van der Waals surface area contributed by atoms with Crippen LogP contribution in [0.2, 0.25) is 0 Å². The van der Waals surface area contributed by atoms with E-state index in [4.69, 9.17) is 4.74 Å². The first-order chi connectivity index (χ1) is 13.4. The van der Waals surface area contributed by atoms with Gasteiger partial charge >= 0.3 is 6.09 Å². The molecule has 0 saturated carbocycles. The monoisotopic (exact) mass is 381 g/mol. The van der Waals surface area contributed by atoms with Gasteiger partial charge in [-0.25, -0.2) is 4.79 Å². The van der Waals surface area contributed by atoms with Crippen LogP contribution < -0.4 is 5.32 Å². The normalized spacial score (nSPS) is 15.2. The fraction of sp³-hybridized carbons (Fsp3) is 0.458. The lowest BCUT2D eigenvalue weighted by Crippen LogP contribution is -2.47. The van der Waals surface area contributed by atoms with Crippen LogP contribution in [0.4, 0.5) is 4.79 Å². The van der Waals surface area contributed by atoms with Crippen LogP contribution >= 0.6 is 0 Å². The zero-order chi connectivity index (χ0) is 20.3. The zero-order valence-electron chi connectivity index (χ0n) is 17.2. The summed E-state index contributed by atoms with van der Waals surface area (Å²) in [5, 5.41) is 12.8. The lowest BCUT2D eigenvalue weighted by molar-refractivity contribution is 0.104. The van der Waals surface area contributed by atoms with Crippen LogP contribution in [0.15, 0.2) is 48.5 Å². The summed E-state index contributed by atoms with van der Waals surface area (Å²) in [6.45, 7) is 8.59. The Bertz CT molecular complexity index is 770. The molecule has 2 N–H and O–H groups in total. The van der Waals surface area contributed by atoms with Gasteiger partial charge in [0.25, 0.3) is 0 Å². The van der Waals surface area contributed by atoms with E-state index in [0.717, 1.165) is 0 Å². The first-order valence-corrected chi connectivity index (χ1v) is 10.2. The van der Waals surface area contributed by atoms with Gasteiger partial charge in [0, 0.05) is 24.5 Å². The van der Waals surface area contributed by atoms with Gasteiger partial charge in [0.2, 0.25) is 0 Å². The van der Waals surface area contributed by atoms with Crippen LogP contribution in [0, 0.1) is 17.8 Å². The molecule has 1 aliphatic carbocycles. The van der Waals surface area contributed by atoms with E-state index in [0.29, 0.717) is 6.61 Å². The number of carbonyl (C=O) groups excluding carboxylic acids is 1. The van der Waals surface area contributed by atoms with Gasteiger partial charge in [-0.3, -0.25) is 0 Å². The number of fused-ring (bicyclic) bond motifs is 3. The van der Waals surface area contributed by atoms with E-state index >= 15 is 0 Å². The number of hydrogen-bond acceptors (Lipinski definition) is 3. The van der Waals surface area contributed by atoms with Crippen molar-refractivity contribution in [3.63, 3.8) is 0 Å². The lowest BCUT2D eigenvalue weighted by atomic mass is 9.83. The summed E-state index contributed by atoms with van der Waals surface area (Å²) < 4.78 is 5.66. The first-order valence-electron chi connectivity index (χ1n) is 10.2. The van der Waals surface area contributed by atoms with Gasteiger partial charge in [0.05, 0.1) is 0 Å². The molecule has 1 aliphatic rings. The minimum Gasteiger partial charge on any atom is -0.449 e. The summed E-state index contributed by atoms with van der Waals surface area (Å²) in [5.41, 5.74) is 4.83. The average Bonchev–Trinajstić information content (AvgIpc) is 3.00. The maximum absolute atomic E-state index is 12.6. The number of aliphatic hydroxyl groups is 1. The van der Waals surface area contributed by atoms with Crippen molar-refractivity contribution >= 4 is 6.09 Å². The van der Waals surface area contributed by atoms with E-state index in [1.165, 1.54) is 22.3 Å². The van der Waals surface area contributed by atoms with Crippen LogP contribution in [-0.2, 0) is 4.74 Å². The molecule has 150 valence electrons. The topological polar surface area (TPSA) is 58.6 Å². The maximum atomic E-state index is 12.6. The second-order valence-electron chi connectivity index (χ2n) is 8.33. The average molecular weight is 382 g/mol. The van der Waals surface area contributed by atoms with Crippen molar-refractivity contribution < 1.29 is 14.6 Å². The van der Waals surface area contributed by atoms with Gasteiger partial charge in [-0.2, -0.15) is 0 Å². The molecular formula is C24H31NO3. The van der Waals surface area contributed by atoms with Gasteiger partial charge in [-0.05, 0) is 34.1 Å². The van der Waals surface area contributed by atoms with E-state index in [1.807, 2.05) is 24.3 Å². The zero-order valence-corrected chi connectivity index (χ0v) is 17.2. The van der Waals surface area contributed by atoms with Crippen molar-refractivity contribution in [2.75, 3.05) is 13.2 Å². The number of nitrogens with one attached hydrogen (secondary N) is 1. The molecule has 2 atom stereocenters. The molecule has 28 heavy (non-hydrogen) atoms. The number of carbonyl (C=O) groups is 1. The third-order valence-electron chi connectivity index (χ3n) is 5.87. The predicted molar refractivity (Wildman–Crippen MR) is 112 cm³/mol. The van der Waals surface area contributed by atoms with Gasteiger partial charge in [0.1, 0.15) is 6.61 Å². The highest BCUT2D eigenvalue weighted by atomic mass is 16.5. The van der Waals surface area contributed by atoms with Crippen molar-refractivity contribution in [1.82, 2.24) is 5.32 Å². The highest BCUT2D eigenvalue weighted by Gasteiger charge is 2.31. The van der Waals surface area contributed by atoms with Crippen molar-refractivity contribution in [2.45, 2.75) is 39.7 Å². The van der Waals surface area contributed by atoms with Crippen LogP contribution in [0.1, 0.15) is 44.7 Å². The van der Waals surface area contributed by atoms with E-state index < -0.39 is 6.09 Å². The summed E-state index contributed by atoms with van der Waals surface area (Å²) in [7, 11) is 0. The molecule has 2 aromatic carbocycles. The summed E-state index contributed by atoms with van der Waals surface area (Å²) in [6, 6.07) is 16.5. The largest absolute Gasteiger partial charge is 0.449 e. The molecule has 0 fully saturated rings. The number of amides is 1. The fourth-order valence-electron chi connectivity index (χ4n) is 4.28. The maximum Gasteiger partial charge on any atom is 0.407 e. The van der Waals surface area contributed by atoms with Crippen LogP contribution in [0.5, 0.6) is 0 Å². The molecule has 2 aromatic rings. The second kappa shape index (κ2) is 8.78. The summed E-state index contributed by atoms with van der Waals surface area (Å²) >= 11 is 0. The number of alkyl carbamates (subject to hydrolysis) is 1. The summed E-state index contributed by atoms with van der Waals surface area (Å²) in [6.07, 6.45) is -0.417. The summed E-state index contributed by atoms with van der Waals surface area (Å²) in [5.74, 6) is 0.529. The Morgan fingerprint density at radius 2 is 1.50 bits per heavy atom. The lowest BCUT2D eigenvalue weighted by Gasteiger charge is -2.32. The molecule has 2 unspecified atom stereocenters. The number of aliphatic hydroxyl groups excluding tert-OH is 1. The number of benzene rings is 2. The highest BCUT2D eigenvalue weighted by molar-refractivity contribution is 5.79. The van der Waals surface area contributed by atoms with Crippen molar-refractivity contribution in [3.8, 4) is 11.1 Å². The molecule has 4 heteroatoms. The third-order valence-corrected chi connectivity index (χ3v) is 5.87. The van der Waals surface area contributed by atoms with Gasteiger partial charge in [0.15, 0.2) is 0 Å². The summed E-state index contributed by atoms with van der Waals surface area (Å²) in [4.78, 5) is 12.6. The molecule has 4 nitrogen and oxygen atoms in total. The molecule has 0 bridgehead atoms. The van der Waals surface area contributed by atoms with Crippen LogP contribution in [0.3, 0.4) is 0 Å². The molecule has 0 aromatic heterocycles. The molecular weight excluding hydrogens is 350 g/mol. The Balaban J connectivity index is 1.71. The minimum atomic E-state index is -0.417. The van der Waals surface area contributed by atoms with E-state index in [2.05, 4.69) is 57.3 Å². The van der Waals surface area contributed by atoms with Crippen LogP contribution in [-0.4, -0.2) is 30.5 Å². The number of ether oxygens (including phenoxy) is 1. The third kappa shape index (κ3) is 4.07. The minimum absolute atomic E-state index is 0.000447. The van der Waals surface area contributed by atoms with Crippen LogP contribution in [0.25, 0.3) is 11.1 Å². The van der Waals surface area contributed by atoms with E-state index in [9.17, 15) is 9.90 Å². The molecule has 0 heterocycles. The van der Waals surface area contributed by atoms with Gasteiger partial charge in [-0.1, -0.05) is 76.2 Å². The second-order valence-corrected chi connectivity index (χ2v) is 8.33. The van der Waals surface area contributed by atoms with E-state index in [-0.39, 0.29) is 36.3 Å². The Labute approximate surface area is 167 Å². The Kier molecular flexibility index (Phi) is 6.40. The molecule has 0 saturated heterocycles. The van der Waals surface area contributed by atoms with Crippen molar-refractivity contribution in [3.05, 3.63) is 59.7 Å². The molecule has 0 radical (unpaired) electrons. The fourth-order valence-corrected chi connectivity index (χ4v) is 4.28. The predicted octanol–water partition coefficient (Wildman–Crippen LogP) is 4.81. The molecule has 0 spiro atoms. The number of hydrogen-bond donors (Lipinski definition) is 2. The Morgan fingerprint density at radius 1 is 0.964 bits per heavy atom. The van der Waals surface area contributed by atoms with E-state index in [1.54, 1.807) is 0 Å². The number of rotatable bonds is 7. The standard InChI is InChI=1S/C24H31NO3/c1-15(2)21(13-26)23(16(3)4)25-24(27)28-14-22-19-11-7-5-9-17(19)18-10-6-8-12-20(18)22/h5-12,15-16,21-23,26H,13-14H2,1-4H3,(H,25,27). The van der Waals surface area contributed by atoms with Crippen molar-refractivity contribution in [2.24, 2.45) is 17.8 Å². The quantitative estimate of drug-likeness (QED) is 0.723.